The Morgan fingerprint density at radius 1 is 0.722 bits per heavy atom. The minimum absolute atomic E-state index is 0.00769. The SMILES string of the molecule is C[C@]12CC[C@@](O)(C(F)(F)F)C[C@@H]1CC[C@@H]1[C@@H]2CC[C@]2(C)[C@H](CCCC3(O)CCC4(CC3)CC4)CC[C@@H]12. The molecule has 0 heterocycles. The van der Waals surface area contributed by atoms with Gasteiger partial charge in [0.05, 0.1) is 5.60 Å². The van der Waals surface area contributed by atoms with Crippen molar-refractivity contribution in [2.45, 2.75) is 147 Å². The summed E-state index contributed by atoms with van der Waals surface area (Å²) >= 11 is 0. The number of hydrogen-bond donors (Lipinski definition) is 2. The Morgan fingerprint density at radius 3 is 2.06 bits per heavy atom. The van der Waals surface area contributed by atoms with Gasteiger partial charge in [0.25, 0.3) is 0 Å². The van der Waals surface area contributed by atoms with Crippen molar-refractivity contribution in [1.82, 2.24) is 0 Å². The van der Waals surface area contributed by atoms with Gasteiger partial charge in [-0.15, -0.1) is 0 Å². The number of aliphatic hydroxyl groups is 2. The molecule has 0 amide bonds. The van der Waals surface area contributed by atoms with Crippen molar-refractivity contribution >= 4 is 0 Å². The van der Waals surface area contributed by atoms with Gasteiger partial charge in [0, 0.05) is 0 Å². The van der Waals surface area contributed by atoms with Crippen LogP contribution in [0, 0.1) is 45.8 Å². The fourth-order valence-corrected chi connectivity index (χ4v) is 10.9. The third-order valence-electron chi connectivity index (χ3n) is 13.8. The third-order valence-corrected chi connectivity index (χ3v) is 13.8. The lowest BCUT2D eigenvalue weighted by Crippen LogP contribution is -2.59. The van der Waals surface area contributed by atoms with E-state index in [0.717, 1.165) is 50.9 Å². The van der Waals surface area contributed by atoms with Crippen LogP contribution in [0.25, 0.3) is 0 Å². The molecular formula is C31H49F3O2. The molecule has 0 aromatic rings. The van der Waals surface area contributed by atoms with Gasteiger partial charge in [0.1, 0.15) is 0 Å². The molecule has 5 heteroatoms. The first kappa shape index (κ1) is 26.0. The van der Waals surface area contributed by atoms with Gasteiger partial charge in [-0.2, -0.15) is 13.2 Å². The summed E-state index contributed by atoms with van der Waals surface area (Å²) in [6, 6.07) is 0. The van der Waals surface area contributed by atoms with Crippen LogP contribution in [0.5, 0.6) is 0 Å². The Balaban J connectivity index is 1.08. The Labute approximate surface area is 216 Å². The van der Waals surface area contributed by atoms with Gasteiger partial charge in [-0.3, -0.25) is 0 Å². The summed E-state index contributed by atoms with van der Waals surface area (Å²) in [4.78, 5) is 0. The van der Waals surface area contributed by atoms with E-state index in [0.29, 0.717) is 35.0 Å². The lowest BCUT2D eigenvalue weighted by molar-refractivity contribution is -0.290. The molecule has 36 heavy (non-hydrogen) atoms. The largest absolute Gasteiger partial charge is 0.417 e. The Kier molecular flexibility index (Phi) is 6.02. The summed E-state index contributed by atoms with van der Waals surface area (Å²) in [7, 11) is 0. The molecule has 0 aromatic carbocycles. The molecule has 1 spiro atoms. The molecule has 206 valence electrons. The Bertz CT molecular complexity index is 841. The molecule has 6 aliphatic rings. The third kappa shape index (κ3) is 4.02. The maximum atomic E-state index is 13.6. The molecule has 6 fully saturated rings. The quantitative estimate of drug-likeness (QED) is 0.400. The van der Waals surface area contributed by atoms with Crippen LogP contribution in [0.1, 0.15) is 129 Å². The Morgan fingerprint density at radius 2 is 1.39 bits per heavy atom. The summed E-state index contributed by atoms with van der Waals surface area (Å²) in [5.74, 6) is 2.59. The van der Waals surface area contributed by atoms with Crippen LogP contribution in [0.4, 0.5) is 13.2 Å². The number of halogens is 3. The predicted molar refractivity (Wildman–Crippen MR) is 135 cm³/mol. The van der Waals surface area contributed by atoms with E-state index < -0.39 is 17.4 Å². The number of rotatable bonds is 4. The highest BCUT2D eigenvalue weighted by molar-refractivity contribution is 5.11. The average Bonchev–Trinajstić information content (AvgIpc) is 3.50. The normalized spacial score (nSPS) is 49.2. The van der Waals surface area contributed by atoms with E-state index in [2.05, 4.69) is 13.8 Å². The molecule has 8 atom stereocenters. The van der Waals surface area contributed by atoms with E-state index in [4.69, 9.17) is 0 Å². The van der Waals surface area contributed by atoms with Gasteiger partial charge in [-0.25, -0.2) is 0 Å². The number of alkyl halides is 3. The van der Waals surface area contributed by atoms with E-state index in [-0.39, 0.29) is 24.2 Å². The van der Waals surface area contributed by atoms with E-state index in [9.17, 15) is 23.4 Å². The first-order valence-corrected chi connectivity index (χ1v) is 15.3. The fraction of sp³-hybridized carbons (Fsp3) is 1.00. The molecule has 6 aliphatic carbocycles. The second kappa shape index (κ2) is 8.35. The maximum Gasteiger partial charge on any atom is 0.417 e. The fourth-order valence-electron chi connectivity index (χ4n) is 10.9. The molecule has 0 bridgehead atoms. The summed E-state index contributed by atoms with van der Waals surface area (Å²) in [6.45, 7) is 4.81. The smallest absolute Gasteiger partial charge is 0.390 e. The summed E-state index contributed by atoms with van der Waals surface area (Å²) in [5.41, 5.74) is -1.97. The van der Waals surface area contributed by atoms with E-state index in [1.807, 2.05) is 0 Å². The second-order valence-electron chi connectivity index (χ2n) is 15.3. The van der Waals surface area contributed by atoms with E-state index >= 15 is 0 Å². The van der Waals surface area contributed by atoms with Crippen LogP contribution in [0.2, 0.25) is 0 Å². The molecule has 2 N–H and O–H groups in total. The minimum Gasteiger partial charge on any atom is -0.390 e. The van der Waals surface area contributed by atoms with Crippen molar-refractivity contribution in [3.05, 3.63) is 0 Å². The maximum absolute atomic E-state index is 13.6. The molecule has 6 rings (SSSR count). The first-order chi connectivity index (χ1) is 16.8. The first-order valence-electron chi connectivity index (χ1n) is 15.3. The van der Waals surface area contributed by atoms with Crippen LogP contribution in [-0.4, -0.2) is 27.6 Å². The van der Waals surface area contributed by atoms with Gasteiger partial charge in [0.2, 0.25) is 0 Å². The zero-order valence-electron chi connectivity index (χ0n) is 22.6. The van der Waals surface area contributed by atoms with Crippen molar-refractivity contribution in [3.8, 4) is 0 Å². The molecule has 2 nitrogen and oxygen atoms in total. The summed E-state index contributed by atoms with van der Waals surface area (Å²) in [6.07, 6.45) is 13.2. The van der Waals surface area contributed by atoms with Gasteiger partial charge >= 0.3 is 6.18 Å². The second-order valence-corrected chi connectivity index (χ2v) is 15.3. The molecule has 0 aliphatic heterocycles. The van der Waals surface area contributed by atoms with Gasteiger partial charge in [0.15, 0.2) is 5.60 Å². The molecule has 0 unspecified atom stereocenters. The minimum atomic E-state index is -4.51. The van der Waals surface area contributed by atoms with Gasteiger partial charge in [-0.05, 0) is 155 Å². The molecule has 0 saturated heterocycles. The average molecular weight is 511 g/mol. The van der Waals surface area contributed by atoms with Crippen LogP contribution >= 0.6 is 0 Å². The van der Waals surface area contributed by atoms with E-state index in [1.165, 1.54) is 51.4 Å². The van der Waals surface area contributed by atoms with Crippen LogP contribution in [0.3, 0.4) is 0 Å². The lowest BCUT2D eigenvalue weighted by Gasteiger charge is -2.62. The zero-order valence-corrected chi connectivity index (χ0v) is 22.6. The van der Waals surface area contributed by atoms with Gasteiger partial charge < -0.3 is 10.2 Å². The molecule has 0 radical (unpaired) electrons. The number of hydrogen-bond acceptors (Lipinski definition) is 2. The standard InChI is InChI=1S/C31H49F3O2/c1-26-11-9-25-23(7-5-22-20-30(36,31(32,33)34)19-12-27(22,25)2)24(26)8-6-21(26)4-3-10-29(35)17-15-28(13-14-28)16-18-29/h21-25,35-36H,3-20H2,1-2H3/t21-,22+,23+,24+,25+,26-,27+,30+/m1/s1. The topological polar surface area (TPSA) is 40.5 Å². The number of fused-ring (bicyclic) bond motifs is 5. The Hall–Kier alpha value is -0.290. The predicted octanol–water partition coefficient (Wildman–Crippen LogP) is 8.19. The monoisotopic (exact) mass is 510 g/mol. The van der Waals surface area contributed by atoms with Crippen molar-refractivity contribution in [3.63, 3.8) is 0 Å². The van der Waals surface area contributed by atoms with Crippen LogP contribution in [-0.2, 0) is 0 Å². The lowest BCUT2D eigenvalue weighted by atomic mass is 9.43. The highest BCUT2D eigenvalue weighted by Crippen LogP contribution is 2.69. The zero-order chi connectivity index (χ0) is 25.6. The molecular weight excluding hydrogens is 461 g/mol. The van der Waals surface area contributed by atoms with Gasteiger partial charge in [-0.1, -0.05) is 20.3 Å². The summed E-state index contributed by atoms with van der Waals surface area (Å²) in [5, 5.41) is 21.7. The van der Waals surface area contributed by atoms with Crippen molar-refractivity contribution in [2.24, 2.45) is 45.8 Å². The van der Waals surface area contributed by atoms with Crippen LogP contribution in [0.15, 0.2) is 0 Å². The highest BCUT2D eigenvalue weighted by Gasteiger charge is 2.65. The molecule has 6 saturated carbocycles. The van der Waals surface area contributed by atoms with Crippen LogP contribution < -0.4 is 0 Å². The summed E-state index contributed by atoms with van der Waals surface area (Å²) < 4.78 is 40.9. The molecule has 0 aromatic heterocycles. The van der Waals surface area contributed by atoms with Crippen molar-refractivity contribution in [2.75, 3.05) is 0 Å². The van der Waals surface area contributed by atoms with E-state index in [1.54, 1.807) is 0 Å². The highest BCUT2D eigenvalue weighted by atomic mass is 19.4. The van der Waals surface area contributed by atoms with Crippen molar-refractivity contribution in [1.29, 1.82) is 0 Å². The van der Waals surface area contributed by atoms with Crippen molar-refractivity contribution < 1.29 is 23.4 Å².